The number of anilines is 1. The summed E-state index contributed by atoms with van der Waals surface area (Å²) in [4.78, 5) is 12.2. The van der Waals surface area contributed by atoms with Gasteiger partial charge in [0, 0.05) is 19.4 Å². The summed E-state index contributed by atoms with van der Waals surface area (Å²) < 4.78 is 16.5. The summed E-state index contributed by atoms with van der Waals surface area (Å²) in [7, 11) is 1.66. The van der Waals surface area contributed by atoms with Crippen molar-refractivity contribution in [2.45, 2.75) is 43.7 Å². The number of rotatable bonds is 7. The number of urea groups is 1. The average molecular weight is 334 g/mol. The zero-order valence-electron chi connectivity index (χ0n) is 14.2. The third-order valence-corrected chi connectivity index (χ3v) is 4.68. The van der Waals surface area contributed by atoms with Crippen LogP contribution in [0, 0.1) is 0 Å². The molecular formula is C18H26N2O4. The van der Waals surface area contributed by atoms with Crippen LogP contribution in [-0.2, 0) is 9.47 Å². The zero-order chi connectivity index (χ0) is 16.8. The molecule has 2 amide bonds. The van der Waals surface area contributed by atoms with Crippen LogP contribution in [-0.4, -0.2) is 44.6 Å². The first kappa shape index (κ1) is 17.0. The summed E-state index contributed by atoms with van der Waals surface area (Å²) >= 11 is 0. The monoisotopic (exact) mass is 334 g/mol. The van der Waals surface area contributed by atoms with Crippen LogP contribution in [0.15, 0.2) is 24.3 Å². The fourth-order valence-electron chi connectivity index (χ4n) is 3.19. The minimum atomic E-state index is -0.205. The lowest BCUT2D eigenvalue weighted by Gasteiger charge is -2.41. The Balaban J connectivity index is 1.45. The van der Waals surface area contributed by atoms with Crippen molar-refractivity contribution in [3.05, 3.63) is 24.3 Å². The number of methoxy groups -OCH3 is 1. The Kier molecular flexibility index (Phi) is 5.58. The number of benzene rings is 1. The highest BCUT2D eigenvalue weighted by molar-refractivity contribution is 5.89. The highest BCUT2D eigenvalue weighted by Crippen LogP contribution is 2.32. The van der Waals surface area contributed by atoms with Gasteiger partial charge in [0.15, 0.2) is 0 Å². The standard InChI is InChI=1S/C18H26N2O4/c1-22-13-18(9-3-10-18)20-17(21)19-14-5-7-15(8-6-14)24-12-16-4-2-11-23-16/h5-8,16H,2-4,9-13H2,1H3,(H2,19,20,21)/t16-/m1/s1. The molecule has 1 aromatic carbocycles. The quantitative estimate of drug-likeness (QED) is 0.804. The van der Waals surface area contributed by atoms with Crippen molar-refractivity contribution < 1.29 is 19.0 Å². The van der Waals surface area contributed by atoms with Crippen LogP contribution in [0.25, 0.3) is 0 Å². The second-order valence-corrected chi connectivity index (χ2v) is 6.62. The molecule has 1 heterocycles. The Morgan fingerprint density at radius 1 is 1.29 bits per heavy atom. The first-order chi connectivity index (χ1) is 11.7. The lowest BCUT2D eigenvalue weighted by molar-refractivity contribution is 0.0648. The van der Waals surface area contributed by atoms with Crippen LogP contribution in [0.5, 0.6) is 5.75 Å². The lowest BCUT2D eigenvalue weighted by Crippen LogP contribution is -2.57. The molecule has 0 spiro atoms. The second-order valence-electron chi connectivity index (χ2n) is 6.62. The first-order valence-electron chi connectivity index (χ1n) is 8.62. The SMILES string of the molecule is COCC1(NC(=O)Nc2ccc(OC[C@H]3CCCO3)cc2)CCC1. The van der Waals surface area contributed by atoms with Crippen LogP contribution in [0.4, 0.5) is 10.5 Å². The molecule has 1 aliphatic heterocycles. The fourth-order valence-corrected chi connectivity index (χ4v) is 3.19. The van der Waals surface area contributed by atoms with E-state index in [4.69, 9.17) is 14.2 Å². The molecule has 2 aliphatic rings. The largest absolute Gasteiger partial charge is 0.491 e. The molecule has 1 saturated carbocycles. The molecule has 6 heteroatoms. The van der Waals surface area contributed by atoms with Gasteiger partial charge in [-0.3, -0.25) is 0 Å². The van der Waals surface area contributed by atoms with Crippen molar-refractivity contribution in [3.63, 3.8) is 0 Å². The fraction of sp³-hybridized carbons (Fsp3) is 0.611. The Labute approximate surface area is 142 Å². The van der Waals surface area contributed by atoms with Crippen molar-refractivity contribution >= 4 is 11.7 Å². The van der Waals surface area contributed by atoms with Crippen molar-refractivity contribution in [1.82, 2.24) is 5.32 Å². The van der Waals surface area contributed by atoms with E-state index in [1.807, 2.05) is 24.3 Å². The van der Waals surface area contributed by atoms with E-state index < -0.39 is 0 Å². The molecule has 2 fully saturated rings. The van der Waals surface area contributed by atoms with E-state index in [2.05, 4.69) is 10.6 Å². The van der Waals surface area contributed by atoms with Crippen LogP contribution >= 0.6 is 0 Å². The molecular weight excluding hydrogens is 308 g/mol. The number of hydrogen-bond donors (Lipinski definition) is 2. The molecule has 0 radical (unpaired) electrons. The molecule has 0 bridgehead atoms. The molecule has 6 nitrogen and oxygen atoms in total. The summed E-state index contributed by atoms with van der Waals surface area (Å²) in [5.41, 5.74) is 0.534. The van der Waals surface area contributed by atoms with Gasteiger partial charge in [0.1, 0.15) is 12.4 Å². The Morgan fingerprint density at radius 2 is 2.08 bits per heavy atom. The van der Waals surface area contributed by atoms with Crippen LogP contribution in [0.1, 0.15) is 32.1 Å². The van der Waals surface area contributed by atoms with Crippen molar-refractivity contribution in [2.24, 2.45) is 0 Å². The predicted molar refractivity (Wildman–Crippen MR) is 91.5 cm³/mol. The van der Waals surface area contributed by atoms with Crippen molar-refractivity contribution in [2.75, 3.05) is 32.2 Å². The number of carbonyl (C=O) groups excluding carboxylic acids is 1. The summed E-state index contributed by atoms with van der Waals surface area (Å²) in [6.07, 6.45) is 5.42. The minimum absolute atomic E-state index is 0.195. The molecule has 24 heavy (non-hydrogen) atoms. The lowest BCUT2D eigenvalue weighted by atomic mass is 9.77. The average Bonchev–Trinajstić information content (AvgIpc) is 3.06. The van der Waals surface area contributed by atoms with Gasteiger partial charge in [0.05, 0.1) is 18.2 Å². The number of ether oxygens (including phenoxy) is 3. The molecule has 1 saturated heterocycles. The van der Waals surface area contributed by atoms with E-state index in [9.17, 15) is 4.79 Å². The third-order valence-electron chi connectivity index (χ3n) is 4.68. The number of carbonyl (C=O) groups is 1. The van der Waals surface area contributed by atoms with E-state index in [0.717, 1.165) is 50.1 Å². The van der Waals surface area contributed by atoms with Gasteiger partial charge in [-0.25, -0.2) is 4.79 Å². The molecule has 1 atom stereocenters. The van der Waals surface area contributed by atoms with Gasteiger partial charge < -0.3 is 24.8 Å². The zero-order valence-corrected chi connectivity index (χ0v) is 14.2. The Morgan fingerprint density at radius 3 is 2.67 bits per heavy atom. The van der Waals surface area contributed by atoms with Gasteiger partial charge in [-0.2, -0.15) is 0 Å². The van der Waals surface area contributed by atoms with Crippen molar-refractivity contribution in [3.8, 4) is 5.75 Å². The highest BCUT2D eigenvalue weighted by Gasteiger charge is 2.38. The third kappa shape index (κ3) is 4.39. The van der Waals surface area contributed by atoms with E-state index in [1.165, 1.54) is 0 Å². The molecule has 1 aliphatic carbocycles. The molecule has 132 valence electrons. The number of amides is 2. The summed E-state index contributed by atoms with van der Waals surface area (Å²) in [6, 6.07) is 7.21. The van der Waals surface area contributed by atoms with Crippen molar-refractivity contribution in [1.29, 1.82) is 0 Å². The Hall–Kier alpha value is -1.79. The van der Waals surface area contributed by atoms with Gasteiger partial charge in [-0.05, 0) is 56.4 Å². The highest BCUT2D eigenvalue weighted by atomic mass is 16.5. The number of hydrogen-bond acceptors (Lipinski definition) is 4. The molecule has 2 N–H and O–H groups in total. The van der Waals surface area contributed by atoms with E-state index in [-0.39, 0.29) is 17.7 Å². The van der Waals surface area contributed by atoms with E-state index in [0.29, 0.717) is 13.2 Å². The Bertz CT molecular complexity index is 536. The maximum absolute atomic E-state index is 12.2. The predicted octanol–water partition coefficient (Wildman–Crippen LogP) is 2.94. The second kappa shape index (κ2) is 7.85. The van der Waals surface area contributed by atoms with E-state index in [1.54, 1.807) is 7.11 Å². The van der Waals surface area contributed by atoms with Gasteiger partial charge in [-0.1, -0.05) is 0 Å². The normalized spacial score (nSPS) is 21.8. The summed E-state index contributed by atoms with van der Waals surface area (Å²) in [5, 5.41) is 5.90. The molecule has 0 aromatic heterocycles. The van der Waals surface area contributed by atoms with Gasteiger partial charge >= 0.3 is 6.03 Å². The smallest absolute Gasteiger partial charge is 0.319 e. The molecule has 3 rings (SSSR count). The number of nitrogens with one attached hydrogen (secondary N) is 2. The van der Waals surface area contributed by atoms with Crippen LogP contribution < -0.4 is 15.4 Å². The molecule has 0 unspecified atom stereocenters. The molecule has 1 aromatic rings. The minimum Gasteiger partial charge on any atom is -0.491 e. The topological polar surface area (TPSA) is 68.8 Å². The maximum Gasteiger partial charge on any atom is 0.319 e. The van der Waals surface area contributed by atoms with Gasteiger partial charge in [-0.15, -0.1) is 0 Å². The summed E-state index contributed by atoms with van der Waals surface area (Å²) in [6.45, 7) is 1.96. The van der Waals surface area contributed by atoms with Gasteiger partial charge in [0.2, 0.25) is 0 Å². The first-order valence-corrected chi connectivity index (χ1v) is 8.62. The van der Waals surface area contributed by atoms with Crippen LogP contribution in [0.2, 0.25) is 0 Å². The summed E-state index contributed by atoms with van der Waals surface area (Å²) in [5.74, 6) is 0.784. The van der Waals surface area contributed by atoms with Gasteiger partial charge in [0.25, 0.3) is 0 Å². The van der Waals surface area contributed by atoms with E-state index >= 15 is 0 Å². The van der Waals surface area contributed by atoms with Crippen LogP contribution in [0.3, 0.4) is 0 Å². The maximum atomic E-state index is 12.2.